The number of esters is 1. The summed E-state index contributed by atoms with van der Waals surface area (Å²) in [7, 11) is -2.27. The quantitative estimate of drug-likeness (QED) is 0.449. The van der Waals surface area contributed by atoms with Crippen molar-refractivity contribution in [3.63, 3.8) is 0 Å². The Hall–Kier alpha value is -2.75. The lowest BCUT2D eigenvalue weighted by molar-refractivity contribution is 0.0464. The molecule has 2 heterocycles. The van der Waals surface area contributed by atoms with Crippen molar-refractivity contribution in [3.05, 3.63) is 65.2 Å². The van der Waals surface area contributed by atoms with Crippen molar-refractivity contribution >= 4 is 27.3 Å². The summed E-state index contributed by atoms with van der Waals surface area (Å²) in [5.41, 5.74) is 1.69. The van der Waals surface area contributed by atoms with E-state index in [1.54, 1.807) is 0 Å². The first-order valence-electron chi connectivity index (χ1n) is 10.8. The van der Waals surface area contributed by atoms with E-state index in [0.29, 0.717) is 18.8 Å². The molecule has 0 saturated carbocycles. The average Bonchev–Trinajstić information content (AvgIpc) is 3.14. The Morgan fingerprint density at radius 2 is 1.79 bits per heavy atom. The van der Waals surface area contributed by atoms with Crippen molar-refractivity contribution in [1.29, 1.82) is 0 Å². The Morgan fingerprint density at radius 3 is 2.48 bits per heavy atom. The smallest absolute Gasteiger partial charge is 0.342 e. The normalized spacial score (nSPS) is 15.1. The zero-order chi connectivity index (χ0) is 23.3. The predicted molar refractivity (Wildman–Crippen MR) is 127 cm³/mol. The van der Waals surface area contributed by atoms with Crippen molar-refractivity contribution in [2.75, 3.05) is 20.2 Å². The van der Waals surface area contributed by atoms with Crippen LogP contribution in [0.3, 0.4) is 0 Å². The molecule has 0 unspecified atom stereocenters. The Labute approximate surface area is 198 Å². The summed E-state index contributed by atoms with van der Waals surface area (Å²) in [6.45, 7) is 0.956. The van der Waals surface area contributed by atoms with Crippen LogP contribution < -0.4 is 4.74 Å². The summed E-state index contributed by atoms with van der Waals surface area (Å²) in [6.07, 6.45) is 3.72. The van der Waals surface area contributed by atoms with Gasteiger partial charge in [0.1, 0.15) is 22.9 Å². The standard InChI is InChI=1S/C24H26N2O5S2/c1-30-22-12-11-20(33(28,29)26-13-7-2-3-8-14-26)15-21(22)24(27)31-16-19-17-32-23(25-19)18-9-5-4-6-10-18/h4-6,9-12,15,17H,2-3,7-8,13-14,16H2,1H3. The van der Waals surface area contributed by atoms with Gasteiger partial charge in [-0.15, -0.1) is 11.3 Å². The highest BCUT2D eigenvalue weighted by Gasteiger charge is 2.27. The molecule has 7 nitrogen and oxygen atoms in total. The van der Waals surface area contributed by atoms with Gasteiger partial charge < -0.3 is 9.47 Å². The highest BCUT2D eigenvalue weighted by Crippen LogP contribution is 2.28. The van der Waals surface area contributed by atoms with Crippen LogP contribution in [0.2, 0.25) is 0 Å². The topological polar surface area (TPSA) is 85.8 Å². The third-order valence-corrected chi connectivity index (χ3v) is 8.35. The van der Waals surface area contributed by atoms with Crippen LogP contribution in [-0.4, -0.2) is 43.9 Å². The summed E-state index contributed by atoms with van der Waals surface area (Å²) in [5, 5.41) is 2.68. The van der Waals surface area contributed by atoms with Gasteiger partial charge in [0.15, 0.2) is 0 Å². The molecule has 0 atom stereocenters. The molecule has 33 heavy (non-hydrogen) atoms. The Balaban J connectivity index is 1.51. The Bertz CT molecular complexity index is 1200. The lowest BCUT2D eigenvalue weighted by atomic mass is 10.2. The second kappa shape index (κ2) is 10.5. The largest absolute Gasteiger partial charge is 0.496 e. The molecule has 1 aromatic heterocycles. The second-order valence-electron chi connectivity index (χ2n) is 7.77. The summed E-state index contributed by atoms with van der Waals surface area (Å²) >= 11 is 1.47. The molecule has 2 aromatic carbocycles. The lowest BCUT2D eigenvalue weighted by Gasteiger charge is -2.20. The van der Waals surface area contributed by atoms with Gasteiger partial charge in [-0.3, -0.25) is 0 Å². The maximum atomic E-state index is 13.2. The second-order valence-corrected chi connectivity index (χ2v) is 10.6. The Kier molecular flexibility index (Phi) is 7.42. The lowest BCUT2D eigenvalue weighted by Crippen LogP contribution is -2.32. The molecule has 0 N–H and O–H groups in total. The first-order valence-corrected chi connectivity index (χ1v) is 13.2. The number of carbonyl (C=O) groups is 1. The van der Waals surface area contributed by atoms with E-state index < -0.39 is 16.0 Å². The number of thiazole rings is 1. The molecule has 1 saturated heterocycles. The molecule has 174 valence electrons. The SMILES string of the molecule is COc1ccc(S(=O)(=O)N2CCCCCC2)cc1C(=O)OCc1csc(-c2ccccc2)n1. The molecule has 0 spiro atoms. The van der Waals surface area contributed by atoms with Crippen molar-refractivity contribution in [2.24, 2.45) is 0 Å². The highest BCUT2D eigenvalue weighted by molar-refractivity contribution is 7.89. The molecule has 0 radical (unpaired) electrons. The minimum atomic E-state index is -3.70. The molecule has 0 amide bonds. The third-order valence-electron chi connectivity index (χ3n) is 5.52. The van der Waals surface area contributed by atoms with Gasteiger partial charge in [0.2, 0.25) is 10.0 Å². The van der Waals surface area contributed by atoms with Gasteiger partial charge in [-0.05, 0) is 31.0 Å². The molecule has 1 fully saturated rings. The van der Waals surface area contributed by atoms with Crippen LogP contribution in [0.25, 0.3) is 10.6 Å². The molecular formula is C24H26N2O5S2. The van der Waals surface area contributed by atoms with Crippen molar-refractivity contribution in [2.45, 2.75) is 37.2 Å². The molecule has 9 heteroatoms. The zero-order valence-electron chi connectivity index (χ0n) is 18.4. The number of nitrogens with zero attached hydrogens (tertiary/aromatic N) is 2. The number of sulfonamides is 1. The van der Waals surface area contributed by atoms with Gasteiger partial charge >= 0.3 is 5.97 Å². The summed E-state index contributed by atoms with van der Waals surface area (Å²) in [4.78, 5) is 17.4. The van der Waals surface area contributed by atoms with Gasteiger partial charge in [-0.25, -0.2) is 18.2 Å². The molecule has 4 rings (SSSR count). The van der Waals surface area contributed by atoms with E-state index in [9.17, 15) is 13.2 Å². The first-order chi connectivity index (χ1) is 16.0. The van der Waals surface area contributed by atoms with E-state index >= 15 is 0 Å². The van der Waals surface area contributed by atoms with Crippen molar-refractivity contribution in [1.82, 2.24) is 9.29 Å². The van der Waals surface area contributed by atoms with Gasteiger partial charge in [-0.1, -0.05) is 43.2 Å². The minimum Gasteiger partial charge on any atom is -0.496 e. The van der Waals surface area contributed by atoms with E-state index in [1.807, 2.05) is 35.7 Å². The monoisotopic (exact) mass is 486 g/mol. The molecule has 3 aromatic rings. The van der Waals surface area contributed by atoms with Crippen LogP contribution in [0.15, 0.2) is 58.8 Å². The molecule has 0 aliphatic carbocycles. The van der Waals surface area contributed by atoms with Crippen LogP contribution in [0.4, 0.5) is 0 Å². The number of rotatable bonds is 7. The molecule has 1 aliphatic rings. The van der Waals surface area contributed by atoms with Crippen LogP contribution in [0, 0.1) is 0 Å². The van der Waals surface area contributed by atoms with Crippen molar-refractivity contribution < 1.29 is 22.7 Å². The zero-order valence-corrected chi connectivity index (χ0v) is 20.0. The molecule has 1 aliphatic heterocycles. The summed E-state index contributed by atoms with van der Waals surface area (Å²) < 4.78 is 38.6. The van der Waals surface area contributed by atoms with Crippen LogP contribution in [0.5, 0.6) is 5.75 Å². The fourth-order valence-corrected chi connectivity index (χ4v) is 6.10. The number of methoxy groups -OCH3 is 1. The maximum absolute atomic E-state index is 13.2. The van der Waals surface area contributed by atoms with E-state index in [4.69, 9.17) is 9.47 Å². The number of ether oxygens (including phenoxy) is 2. The number of carbonyl (C=O) groups excluding carboxylic acids is 1. The van der Waals surface area contributed by atoms with Crippen molar-refractivity contribution in [3.8, 4) is 16.3 Å². The summed E-state index contributed by atoms with van der Waals surface area (Å²) in [5.74, 6) is -0.396. The number of aromatic nitrogens is 1. The number of benzene rings is 2. The fourth-order valence-electron chi connectivity index (χ4n) is 3.74. The summed E-state index contributed by atoms with van der Waals surface area (Å²) in [6, 6.07) is 14.1. The predicted octanol–water partition coefficient (Wildman–Crippen LogP) is 4.74. The van der Waals surface area contributed by atoms with E-state index in [0.717, 1.165) is 36.3 Å². The van der Waals surface area contributed by atoms with E-state index in [1.165, 1.54) is 41.0 Å². The van der Waals surface area contributed by atoms with Gasteiger partial charge in [0, 0.05) is 24.0 Å². The van der Waals surface area contributed by atoms with E-state index in [2.05, 4.69) is 4.98 Å². The Morgan fingerprint density at radius 1 is 1.06 bits per heavy atom. The fraction of sp³-hybridized carbons (Fsp3) is 0.333. The van der Waals surface area contributed by atoms with Gasteiger partial charge in [-0.2, -0.15) is 4.31 Å². The molecular weight excluding hydrogens is 460 g/mol. The van der Waals surface area contributed by atoms with E-state index in [-0.39, 0.29) is 22.8 Å². The highest BCUT2D eigenvalue weighted by atomic mass is 32.2. The number of hydrogen-bond acceptors (Lipinski definition) is 7. The minimum absolute atomic E-state index is 0.0194. The van der Waals surface area contributed by atoms with Gasteiger partial charge in [0.05, 0.1) is 17.7 Å². The van der Waals surface area contributed by atoms with Crippen LogP contribution >= 0.6 is 11.3 Å². The first kappa shape index (κ1) is 23.4. The van der Waals surface area contributed by atoms with Crippen LogP contribution in [-0.2, 0) is 21.4 Å². The van der Waals surface area contributed by atoms with Crippen LogP contribution in [0.1, 0.15) is 41.7 Å². The molecule has 0 bridgehead atoms. The average molecular weight is 487 g/mol. The number of hydrogen-bond donors (Lipinski definition) is 0. The van der Waals surface area contributed by atoms with Gasteiger partial charge in [0.25, 0.3) is 0 Å². The third kappa shape index (κ3) is 5.43. The maximum Gasteiger partial charge on any atom is 0.342 e.